The molecule has 156 valence electrons. The second-order valence-corrected chi connectivity index (χ2v) is 10.1. The van der Waals surface area contributed by atoms with Crippen molar-refractivity contribution in [3.8, 4) is 0 Å². The highest BCUT2D eigenvalue weighted by Crippen LogP contribution is 2.29. The Balaban J connectivity index is 1.53. The lowest BCUT2D eigenvalue weighted by Crippen LogP contribution is -2.43. The fourth-order valence-corrected chi connectivity index (χ4v) is 5.58. The number of halogens is 2. The van der Waals surface area contributed by atoms with Gasteiger partial charge in [-0.05, 0) is 53.9 Å². The molecule has 0 unspecified atom stereocenters. The molecule has 3 aromatic rings. The van der Waals surface area contributed by atoms with Gasteiger partial charge in [0.05, 0.1) is 21.5 Å². The lowest BCUT2D eigenvalue weighted by Gasteiger charge is -2.31. The number of nitrogens with one attached hydrogen (secondary N) is 1. The molecule has 8 heteroatoms. The molecular formula is C22H20Cl2N2O3S. The molecule has 4 rings (SSSR count). The second-order valence-electron chi connectivity index (χ2n) is 7.32. The van der Waals surface area contributed by atoms with Gasteiger partial charge in [0.15, 0.2) is 0 Å². The summed E-state index contributed by atoms with van der Waals surface area (Å²) in [5, 5.41) is 5.46. The standard InChI is InChI=1S/C22H20Cl2N2O3S/c23-18-8-10-20(24)21(13-18)25-22(27)17-6-3-11-26(14-17)30(28,29)19-9-7-15-4-1-2-5-16(15)12-19/h1-2,4-5,7-10,12-13,17H,3,6,11,14H2,(H,25,27)/t17-/m0/s1. The molecule has 1 heterocycles. The third kappa shape index (κ3) is 4.32. The van der Waals surface area contributed by atoms with E-state index < -0.39 is 15.9 Å². The Labute approximate surface area is 185 Å². The second kappa shape index (κ2) is 8.55. The SMILES string of the molecule is O=C(Nc1cc(Cl)ccc1Cl)[C@H]1CCCN(S(=O)(=O)c2ccc3ccccc3c2)C1. The van der Waals surface area contributed by atoms with Gasteiger partial charge in [0.1, 0.15) is 0 Å². The van der Waals surface area contributed by atoms with Crippen LogP contribution in [0.3, 0.4) is 0 Å². The third-order valence-electron chi connectivity index (χ3n) is 5.30. The summed E-state index contributed by atoms with van der Waals surface area (Å²) in [5.74, 6) is -0.735. The number of carbonyl (C=O) groups is 1. The summed E-state index contributed by atoms with van der Waals surface area (Å²) in [7, 11) is -3.70. The number of hydrogen-bond acceptors (Lipinski definition) is 3. The van der Waals surface area contributed by atoms with Crippen LogP contribution in [0, 0.1) is 5.92 Å². The first kappa shape index (κ1) is 21.1. The number of carbonyl (C=O) groups excluding carboxylic acids is 1. The molecule has 1 saturated heterocycles. The Kier molecular flexibility index (Phi) is 6.02. The normalized spacial score (nSPS) is 17.7. The van der Waals surface area contributed by atoms with Crippen LogP contribution in [0.15, 0.2) is 65.6 Å². The quantitative estimate of drug-likeness (QED) is 0.580. The first-order valence-electron chi connectivity index (χ1n) is 9.59. The Morgan fingerprint density at radius 2 is 1.77 bits per heavy atom. The van der Waals surface area contributed by atoms with Crippen molar-refractivity contribution in [2.75, 3.05) is 18.4 Å². The average molecular weight is 463 g/mol. The summed E-state index contributed by atoms with van der Waals surface area (Å²) in [6.07, 6.45) is 1.21. The van der Waals surface area contributed by atoms with E-state index >= 15 is 0 Å². The maximum Gasteiger partial charge on any atom is 0.243 e. The molecule has 1 amide bonds. The van der Waals surface area contributed by atoms with E-state index in [1.165, 1.54) is 4.31 Å². The lowest BCUT2D eigenvalue weighted by molar-refractivity contribution is -0.120. The summed E-state index contributed by atoms with van der Waals surface area (Å²) in [6, 6.07) is 17.5. The number of fused-ring (bicyclic) bond motifs is 1. The predicted octanol–water partition coefficient (Wildman–Crippen LogP) is 5.19. The maximum atomic E-state index is 13.2. The first-order valence-corrected chi connectivity index (χ1v) is 11.8. The Bertz CT molecular complexity index is 1210. The van der Waals surface area contributed by atoms with Crippen molar-refractivity contribution < 1.29 is 13.2 Å². The van der Waals surface area contributed by atoms with Gasteiger partial charge in [0.2, 0.25) is 15.9 Å². The minimum atomic E-state index is -3.70. The highest BCUT2D eigenvalue weighted by molar-refractivity contribution is 7.89. The summed E-state index contributed by atoms with van der Waals surface area (Å²) >= 11 is 12.1. The van der Waals surface area contributed by atoms with Crippen LogP contribution in [-0.2, 0) is 14.8 Å². The number of rotatable bonds is 4. The van der Waals surface area contributed by atoms with Gasteiger partial charge in [0, 0.05) is 18.1 Å². The number of amides is 1. The van der Waals surface area contributed by atoms with E-state index in [-0.39, 0.29) is 17.3 Å². The fourth-order valence-electron chi connectivity index (χ4n) is 3.68. The molecule has 0 aliphatic carbocycles. The molecule has 3 aromatic carbocycles. The Hall–Kier alpha value is -2.12. The van der Waals surface area contributed by atoms with Crippen molar-refractivity contribution in [3.63, 3.8) is 0 Å². The predicted molar refractivity (Wildman–Crippen MR) is 121 cm³/mol. The van der Waals surface area contributed by atoms with E-state index in [2.05, 4.69) is 5.32 Å². The van der Waals surface area contributed by atoms with E-state index in [0.29, 0.717) is 35.1 Å². The molecule has 0 aromatic heterocycles. The largest absolute Gasteiger partial charge is 0.324 e. The molecule has 0 bridgehead atoms. The summed E-state index contributed by atoms with van der Waals surface area (Å²) in [5.41, 5.74) is 0.420. The Morgan fingerprint density at radius 3 is 2.57 bits per heavy atom. The van der Waals surface area contributed by atoms with Gasteiger partial charge >= 0.3 is 0 Å². The zero-order chi connectivity index (χ0) is 21.3. The monoisotopic (exact) mass is 462 g/mol. The maximum absolute atomic E-state index is 13.2. The number of nitrogens with zero attached hydrogens (tertiary/aromatic N) is 1. The molecule has 1 aliphatic heterocycles. The summed E-state index contributed by atoms with van der Waals surface area (Å²) in [4.78, 5) is 13.0. The highest BCUT2D eigenvalue weighted by Gasteiger charge is 2.33. The van der Waals surface area contributed by atoms with Crippen LogP contribution in [0.25, 0.3) is 10.8 Å². The topological polar surface area (TPSA) is 66.5 Å². The number of benzene rings is 3. The fraction of sp³-hybridized carbons (Fsp3) is 0.227. The molecule has 1 aliphatic rings. The van der Waals surface area contributed by atoms with Crippen LogP contribution in [0.4, 0.5) is 5.69 Å². The zero-order valence-corrected chi connectivity index (χ0v) is 18.3. The number of sulfonamides is 1. The first-order chi connectivity index (χ1) is 14.3. The minimum Gasteiger partial charge on any atom is -0.324 e. The number of anilines is 1. The molecular weight excluding hydrogens is 443 g/mol. The van der Waals surface area contributed by atoms with E-state index in [0.717, 1.165) is 10.8 Å². The van der Waals surface area contributed by atoms with Gasteiger partial charge in [-0.3, -0.25) is 4.79 Å². The van der Waals surface area contributed by atoms with Crippen molar-refractivity contribution >= 4 is 55.6 Å². The summed E-state index contributed by atoms with van der Waals surface area (Å²) < 4.78 is 27.8. The number of piperidine rings is 1. The van der Waals surface area contributed by atoms with E-state index in [9.17, 15) is 13.2 Å². The van der Waals surface area contributed by atoms with Crippen molar-refractivity contribution in [3.05, 3.63) is 70.7 Å². The van der Waals surface area contributed by atoms with Crippen LogP contribution < -0.4 is 5.32 Å². The van der Waals surface area contributed by atoms with Crippen LogP contribution in [0.2, 0.25) is 10.0 Å². The van der Waals surface area contributed by atoms with Crippen LogP contribution in [0.5, 0.6) is 0 Å². The van der Waals surface area contributed by atoms with Gasteiger partial charge in [-0.25, -0.2) is 8.42 Å². The third-order valence-corrected chi connectivity index (χ3v) is 7.73. The molecule has 1 fully saturated rings. The molecule has 5 nitrogen and oxygen atoms in total. The number of hydrogen-bond donors (Lipinski definition) is 1. The van der Waals surface area contributed by atoms with Gasteiger partial charge in [-0.1, -0.05) is 53.5 Å². The molecule has 1 N–H and O–H groups in total. The average Bonchev–Trinajstić information content (AvgIpc) is 2.76. The summed E-state index contributed by atoms with van der Waals surface area (Å²) in [6.45, 7) is 0.510. The van der Waals surface area contributed by atoms with Crippen molar-refractivity contribution in [1.29, 1.82) is 0 Å². The zero-order valence-electron chi connectivity index (χ0n) is 16.0. The molecule has 0 saturated carbocycles. The van der Waals surface area contributed by atoms with Crippen molar-refractivity contribution in [2.45, 2.75) is 17.7 Å². The van der Waals surface area contributed by atoms with E-state index in [4.69, 9.17) is 23.2 Å². The molecule has 0 radical (unpaired) electrons. The van der Waals surface area contributed by atoms with E-state index in [1.807, 2.05) is 24.3 Å². The van der Waals surface area contributed by atoms with Gasteiger partial charge in [-0.2, -0.15) is 4.31 Å². The van der Waals surface area contributed by atoms with Crippen LogP contribution in [0.1, 0.15) is 12.8 Å². The van der Waals surface area contributed by atoms with Crippen molar-refractivity contribution in [2.24, 2.45) is 5.92 Å². The smallest absolute Gasteiger partial charge is 0.243 e. The Morgan fingerprint density at radius 1 is 1.00 bits per heavy atom. The van der Waals surface area contributed by atoms with Gasteiger partial charge in [-0.15, -0.1) is 0 Å². The molecule has 1 atom stereocenters. The highest BCUT2D eigenvalue weighted by atomic mass is 35.5. The van der Waals surface area contributed by atoms with E-state index in [1.54, 1.807) is 36.4 Å². The molecule has 0 spiro atoms. The van der Waals surface area contributed by atoms with Gasteiger partial charge in [0.25, 0.3) is 0 Å². The van der Waals surface area contributed by atoms with Crippen LogP contribution >= 0.6 is 23.2 Å². The van der Waals surface area contributed by atoms with Crippen molar-refractivity contribution in [1.82, 2.24) is 4.31 Å². The lowest BCUT2D eigenvalue weighted by atomic mass is 9.99. The minimum absolute atomic E-state index is 0.124. The molecule has 30 heavy (non-hydrogen) atoms. The van der Waals surface area contributed by atoms with Gasteiger partial charge < -0.3 is 5.32 Å². The van der Waals surface area contributed by atoms with Crippen LogP contribution in [-0.4, -0.2) is 31.7 Å².